The Morgan fingerprint density at radius 1 is 1.14 bits per heavy atom. The lowest BCUT2D eigenvalue weighted by Crippen LogP contribution is -2.34. The van der Waals surface area contributed by atoms with Crippen LogP contribution in [-0.2, 0) is 4.74 Å². The fourth-order valence-corrected chi connectivity index (χ4v) is 5.39. The van der Waals surface area contributed by atoms with Gasteiger partial charge in [0.25, 0.3) is 0 Å². The van der Waals surface area contributed by atoms with Crippen molar-refractivity contribution in [2.24, 2.45) is 5.92 Å². The van der Waals surface area contributed by atoms with Gasteiger partial charge in [-0.2, -0.15) is 13.2 Å². The predicted molar refractivity (Wildman–Crippen MR) is 123 cm³/mol. The highest BCUT2D eigenvalue weighted by Crippen LogP contribution is 2.50. The van der Waals surface area contributed by atoms with Gasteiger partial charge in [0.2, 0.25) is 5.92 Å². The van der Waals surface area contributed by atoms with E-state index in [1.54, 1.807) is 26.8 Å². The molecule has 1 N–H and O–H groups in total. The standard InChI is InChI=1S/C26H29F5N2O3/c1-4-36-24(35)21-14(3)33-22(13(2)23(21)34)19-12-32-20(16-10-25(27,28)11-16)9-18(19)15-5-7-17(8-6-15)26(29,30)31/h9,12,15-17H,4-8,10-11H2,1-3H3,(H,33,34). The zero-order valence-corrected chi connectivity index (χ0v) is 20.4. The Hall–Kier alpha value is -2.78. The minimum Gasteiger partial charge on any atom is -0.462 e. The Kier molecular flexibility index (Phi) is 7.00. The number of aryl methyl sites for hydroxylation is 1. The maximum absolute atomic E-state index is 13.5. The Morgan fingerprint density at radius 2 is 1.78 bits per heavy atom. The van der Waals surface area contributed by atoms with Gasteiger partial charge in [0, 0.05) is 47.5 Å². The van der Waals surface area contributed by atoms with Crippen molar-refractivity contribution in [3.63, 3.8) is 0 Å². The van der Waals surface area contributed by atoms with E-state index in [0.29, 0.717) is 28.2 Å². The second kappa shape index (κ2) is 9.59. The number of ether oxygens (including phenoxy) is 1. The summed E-state index contributed by atoms with van der Waals surface area (Å²) in [5, 5.41) is 0. The van der Waals surface area contributed by atoms with Gasteiger partial charge in [-0.15, -0.1) is 0 Å². The Balaban J connectivity index is 1.77. The number of hydrogen-bond acceptors (Lipinski definition) is 4. The zero-order valence-electron chi connectivity index (χ0n) is 20.4. The summed E-state index contributed by atoms with van der Waals surface area (Å²) in [6.45, 7) is 4.87. The molecule has 0 saturated heterocycles. The van der Waals surface area contributed by atoms with Crippen molar-refractivity contribution in [1.82, 2.24) is 9.97 Å². The van der Waals surface area contributed by atoms with Crippen LogP contribution in [0.1, 0.15) is 90.2 Å². The second-order valence-electron chi connectivity index (χ2n) is 9.92. The van der Waals surface area contributed by atoms with E-state index in [0.717, 1.165) is 0 Å². The first-order chi connectivity index (χ1) is 16.8. The largest absolute Gasteiger partial charge is 0.462 e. The molecule has 2 aromatic rings. The molecule has 2 fully saturated rings. The van der Waals surface area contributed by atoms with E-state index in [9.17, 15) is 31.5 Å². The number of alkyl halides is 5. The number of carbonyl (C=O) groups is 1. The highest BCUT2D eigenvalue weighted by molar-refractivity contribution is 5.91. The summed E-state index contributed by atoms with van der Waals surface area (Å²) in [4.78, 5) is 32.9. The first-order valence-electron chi connectivity index (χ1n) is 12.2. The topological polar surface area (TPSA) is 72.1 Å². The van der Waals surface area contributed by atoms with Gasteiger partial charge in [0.05, 0.1) is 18.2 Å². The van der Waals surface area contributed by atoms with Gasteiger partial charge < -0.3 is 9.72 Å². The molecule has 5 nitrogen and oxygen atoms in total. The molecule has 0 radical (unpaired) electrons. The number of nitrogens with one attached hydrogen (secondary N) is 1. The zero-order chi connectivity index (χ0) is 26.4. The van der Waals surface area contributed by atoms with E-state index >= 15 is 0 Å². The van der Waals surface area contributed by atoms with Gasteiger partial charge >= 0.3 is 12.1 Å². The second-order valence-corrected chi connectivity index (χ2v) is 9.92. The number of esters is 1. The SMILES string of the molecule is CCOC(=O)c1c(C)[nH]c(-c2cnc(C3CC(F)(F)C3)cc2C2CCC(C(F)(F)F)CC2)c(C)c1=O. The minimum absolute atomic E-state index is 0.0247. The highest BCUT2D eigenvalue weighted by Gasteiger charge is 2.47. The smallest absolute Gasteiger partial charge is 0.391 e. The van der Waals surface area contributed by atoms with Gasteiger partial charge in [-0.1, -0.05) is 0 Å². The molecule has 0 unspecified atom stereocenters. The molecule has 2 aromatic heterocycles. The van der Waals surface area contributed by atoms with Crippen LogP contribution in [-0.4, -0.2) is 34.6 Å². The molecule has 2 aliphatic rings. The fraction of sp³-hybridized carbons (Fsp3) is 0.577. The predicted octanol–water partition coefficient (Wildman–Crippen LogP) is 6.58. The Bertz CT molecular complexity index is 1210. The highest BCUT2D eigenvalue weighted by atomic mass is 19.4. The number of aromatic nitrogens is 2. The number of aromatic amines is 1. The van der Waals surface area contributed by atoms with Crippen LogP contribution < -0.4 is 5.43 Å². The van der Waals surface area contributed by atoms with E-state index in [-0.39, 0.29) is 62.2 Å². The quantitative estimate of drug-likeness (QED) is 0.363. The van der Waals surface area contributed by atoms with Crippen LogP contribution in [0.25, 0.3) is 11.3 Å². The lowest BCUT2D eigenvalue weighted by molar-refractivity contribution is -0.182. The normalized spacial score (nSPS) is 22.2. The van der Waals surface area contributed by atoms with Crippen molar-refractivity contribution in [2.75, 3.05) is 6.61 Å². The van der Waals surface area contributed by atoms with Crippen molar-refractivity contribution >= 4 is 5.97 Å². The number of halogens is 5. The lowest BCUT2D eigenvalue weighted by Gasteiger charge is -2.36. The first kappa shape index (κ1) is 26.3. The molecule has 196 valence electrons. The van der Waals surface area contributed by atoms with Crippen LogP contribution in [0.4, 0.5) is 22.0 Å². The van der Waals surface area contributed by atoms with Crippen LogP contribution in [0, 0.1) is 19.8 Å². The number of hydrogen-bond donors (Lipinski definition) is 1. The number of pyridine rings is 2. The molecule has 0 bridgehead atoms. The molecular weight excluding hydrogens is 483 g/mol. The summed E-state index contributed by atoms with van der Waals surface area (Å²) < 4.78 is 71.8. The maximum Gasteiger partial charge on any atom is 0.391 e. The summed E-state index contributed by atoms with van der Waals surface area (Å²) in [5.41, 5.74) is 2.06. The Morgan fingerprint density at radius 3 is 2.33 bits per heavy atom. The van der Waals surface area contributed by atoms with Crippen LogP contribution in [0.3, 0.4) is 0 Å². The number of nitrogens with zero attached hydrogens (tertiary/aromatic N) is 1. The summed E-state index contributed by atoms with van der Waals surface area (Å²) in [6, 6.07) is 1.72. The van der Waals surface area contributed by atoms with Crippen molar-refractivity contribution in [3.05, 3.63) is 50.6 Å². The molecule has 0 amide bonds. The molecule has 0 aliphatic heterocycles. The van der Waals surface area contributed by atoms with Crippen molar-refractivity contribution in [2.45, 2.75) is 83.2 Å². The number of rotatable bonds is 5. The third-order valence-corrected chi connectivity index (χ3v) is 7.47. The molecular formula is C26H29F5N2O3. The van der Waals surface area contributed by atoms with Gasteiger partial charge in [-0.3, -0.25) is 9.78 Å². The van der Waals surface area contributed by atoms with Crippen molar-refractivity contribution in [3.8, 4) is 11.3 Å². The van der Waals surface area contributed by atoms with Crippen LogP contribution in [0.5, 0.6) is 0 Å². The summed E-state index contributed by atoms with van der Waals surface area (Å²) in [6.07, 6.45) is -2.86. The van der Waals surface area contributed by atoms with Gasteiger partial charge in [0.1, 0.15) is 5.56 Å². The summed E-state index contributed by atoms with van der Waals surface area (Å²) >= 11 is 0. The molecule has 0 atom stereocenters. The average Bonchev–Trinajstić information content (AvgIpc) is 2.79. The molecule has 10 heteroatoms. The first-order valence-corrected chi connectivity index (χ1v) is 12.2. The van der Waals surface area contributed by atoms with Crippen molar-refractivity contribution in [1.29, 1.82) is 0 Å². The Labute approximate surface area is 205 Å². The van der Waals surface area contributed by atoms with Crippen LogP contribution in [0.15, 0.2) is 17.1 Å². The van der Waals surface area contributed by atoms with Gasteiger partial charge in [-0.25, -0.2) is 13.6 Å². The fourth-order valence-electron chi connectivity index (χ4n) is 5.39. The minimum atomic E-state index is -4.25. The summed E-state index contributed by atoms with van der Waals surface area (Å²) in [5.74, 6) is -5.51. The number of carbonyl (C=O) groups excluding carboxylic acids is 1. The number of H-pyrrole nitrogens is 1. The van der Waals surface area contributed by atoms with Crippen LogP contribution in [0.2, 0.25) is 0 Å². The van der Waals surface area contributed by atoms with E-state index in [1.165, 1.54) is 6.20 Å². The third-order valence-electron chi connectivity index (χ3n) is 7.47. The molecule has 2 saturated carbocycles. The van der Waals surface area contributed by atoms with Gasteiger partial charge in [-0.05, 0) is 64.0 Å². The average molecular weight is 513 g/mol. The van der Waals surface area contributed by atoms with Gasteiger partial charge in [0.15, 0.2) is 5.43 Å². The third kappa shape index (κ3) is 5.04. The lowest BCUT2D eigenvalue weighted by atomic mass is 9.74. The van der Waals surface area contributed by atoms with E-state index in [2.05, 4.69) is 9.97 Å². The molecule has 2 heterocycles. The maximum atomic E-state index is 13.5. The van der Waals surface area contributed by atoms with Crippen molar-refractivity contribution < 1.29 is 31.5 Å². The molecule has 36 heavy (non-hydrogen) atoms. The van der Waals surface area contributed by atoms with Crippen LogP contribution >= 0.6 is 0 Å². The monoisotopic (exact) mass is 512 g/mol. The molecule has 0 spiro atoms. The molecule has 4 rings (SSSR count). The molecule has 0 aromatic carbocycles. The molecule has 2 aliphatic carbocycles. The van der Waals surface area contributed by atoms with E-state index in [4.69, 9.17) is 4.74 Å². The van der Waals surface area contributed by atoms with E-state index < -0.39 is 35.3 Å². The summed E-state index contributed by atoms with van der Waals surface area (Å²) in [7, 11) is 0. The van der Waals surface area contributed by atoms with E-state index in [1.807, 2.05) is 0 Å².